The molecule has 112 valence electrons. The Morgan fingerprint density at radius 2 is 2.25 bits per heavy atom. The zero-order chi connectivity index (χ0) is 14.8. The van der Waals surface area contributed by atoms with E-state index in [0.29, 0.717) is 12.5 Å². The van der Waals surface area contributed by atoms with Gasteiger partial charge in [-0.3, -0.25) is 0 Å². The maximum atomic E-state index is 12.2. The lowest BCUT2D eigenvalue weighted by Crippen LogP contribution is -2.31. The van der Waals surface area contributed by atoms with Crippen molar-refractivity contribution in [3.8, 4) is 0 Å². The molecule has 0 saturated carbocycles. The summed E-state index contributed by atoms with van der Waals surface area (Å²) in [5, 5.41) is 0.230. The summed E-state index contributed by atoms with van der Waals surface area (Å²) in [5.74, 6) is 0.374. The number of nitrogens with one attached hydrogen (secondary N) is 1. The first-order chi connectivity index (χ1) is 9.42. The Morgan fingerprint density at radius 3 is 2.85 bits per heavy atom. The first-order valence-corrected chi connectivity index (χ1v) is 9.25. The fourth-order valence-electron chi connectivity index (χ4n) is 2.37. The SMILES string of the molecule is CCN1CCC(CNS(=O)(=O)c2ccc(Br)cc2Cl)C1. The van der Waals surface area contributed by atoms with Gasteiger partial charge in [0.1, 0.15) is 4.90 Å². The number of rotatable bonds is 5. The molecular formula is C13H18BrClN2O2S. The summed E-state index contributed by atoms with van der Waals surface area (Å²) in [4.78, 5) is 2.46. The molecule has 1 aliphatic rings. The zero-order valence-electron chi connectivity index (χ0n) is 11.3. The minimum atomic E-state index is -3.54. The highest BCUT2D eigenvalue weighted by Crippen LogP contribution is 2.25. The van der Waals surface area contributed by atoms with Crippen LogP contribution < -0.4 is 4.72 Å². The van der Waals surface area contributed by atoms with Crippen LogP contribution >= 0.6 is 27.5 Å². The maximum Gasteiger partial charge on any atom is 0.242 e. The first-order valence-electron chi connectivity index (χ1n) is 6.59. The van der Waals surface area contributed by atoms with E-state index in [9.17, 15) is 8.42 Å². The van der Waals surface area contributed by atoms with Gasteiger partial charge in [-0.2, -0.15) is 0 Å². The topological polar surface area (TPSA) is 49.4 Å². The van der Waals surface area contributed by atoms with E-state index in [0.717, 1.165) is 30.5 Å². The lowest BCUT2D eigenvalue weighted by molar-refractivity contribution is 0.342. The van der Waals surface area contributed by atoms with Crippen molar-refractivity contribution in [2.75, 3.05) is 26.2 Å². The van der Waals surface area contributed by atoms with Gasteiger partial charge in [0.25, 0.3) is 0 Å². The second-order valence-corrected chi connectivity index (χ2v) is 8.03. The minimum Gasteiger partial charge on any atom is -0.303 e. The molecule has 7 heteroatoms. The summed E-state index contributed by atoms with van der Waals surface area (Å²) in [6.45, 7) is 5.59. The quantitative estimate of drug-likeness (QED) is 0.853. The molecule has 1 N–H and O–H groups in total. The highest BCUT2D eigenvalue weighted by Gasteiger charge is 2.24. The normalized spacial score (nSPS) is 20.4. The molecule has 2 rings (SSSR count). The van der Waals surface area contributed by atoms with Gasteiger partial charge in [0.05, 0.1) is 5.02 Å². The molecule has 1 aromatic carbocycles. The zero-order valence-corrected chi connectivity index (χ0v) is 14.4. The molecule has 1 saturated heterocycles. The summed E-state index contributed by atoms with van der Waals surface area (Å²) in [7, 11) is -3.54. The molecule has 1 heterocycles. The Balaban J connectivity index is 2.01. The Kier molecular flexibility index (Phi) is 5.48. The van der Waals surface area contributed by atoms with Crippen LogP contribution in [0, 0.1) is 5.92 Å². The van der Waals surface area contributed by atoms with Crippen LogP contribution in [0.5, 0.6) is 0 Å². The van der Waals surface area contributed by atoms with Crippen LogP contribution in [0.2, 0.25) is 5.02 Å². The van der Waals surface area contributed by atoms with Crippen molar-refractivity contribution in [2.24, 2.45) is 5.92 Å². The van der Waals surface area contributed by atoms with Crippen molar-refractivity contribution in [1.29, 1.82) is 0 Å². The predicted molar refractivity (Wildman–Crippen MR) is 84.6 cm³/mol. The summed E-state index contributed by atoms with van der Waals surface area (Å²) < 4.78 is 27.9. The molecule has 1 unspecified atom stereocenters. The smallest absolute Gasteiger partial charge is 0.242 e. The molecule has 20 heavy (non-hydrogen) atoms. The molecule has 0 amide bonds. The number of halogens is 2. The molecular weight excluding hydrogens is 364 g/mol. The van der Waals surface area contributed by atoms with Crippen molar-refractivity contribution in [3.63, 3.8) is 0 Å². The third-order valence-electron chi connectivity index (χ3n) is 3.56. The monoisotopic (exact) mass is 380 g/mol. The third-order valence-corrected chi connectivity index (χ3v) is 5.96. The number of nitrogens with zero attached hydrogens (tertiary/aromatic N) is 1. The molecule has 0 spiro atoms. The van der Waals surface area contributed by atoms with E-state index in [1.54, 1.807) is 12.1 Å². The molecule has 1 fully saturated rings. The summed E-state index contributed by atoms with van der Waals surface area (Å²) in [6, 6.07) is 4.78. The van der Waals surface area contributed by atoms with Crippen molar-refractivity contribution in [2.45, 2.75) is 18.2 Å². The van der Waals surface area contributed by atoms with E-state index in [2.05, 4.69) is 32.5 Å². The van der Waals surface area contributed by atoms with Crippen LogP contribution in [-0.2, 0) is 10.0 Å². The fraction of sp³-hybridized carbons (Fsp3) is 0.538. The summed E-state index contributed by atoms with van der Waals surface area (Å²) in [6.07, 6.45) is 1.03. The number of sulfonamides is 1. The number of likely N-dealkylation sites (tertiary alicyclic amines) is 1. The molecule has 0 aliphatic carbocycles. The van der Waals surface area contributed by atoms with Crippen LogP contribution in [0.1, 0.15) is 13.3 Å². The van der Waals surface area contributed by atoms with Gasteiger partial charge in [0.15, 0.2) is 0 Å². The Morgan fingerprint density at radius 1 is 1.50 bits per heavy atom. The number of benzene rings is 1. The highest BCUT2D eigenvalue weighted by molar-refractivity contribution is 9.10. The second-order valence-electron chi connectivity index (χ2n) is 4.97. The van der Waals surface area contributed by atoms with Crippen molar-refractivity contribution in [1.82, 2.24) is 9.62 Å². The molecule has 0 radical (unpaired) electrons. The Labute approximate surface area is 133 Å². The van der Waals surface area contributed by atoms with Crippen molar-refractivity contribution in [3.05, 3.63) is 27.7 Å². The Hall–Kier alpha value is -0.140. The van der Waals surface area contributed by atoms with Gasteiger partial charge < -0.3 is 4.90 Å². The van der Waals surface area contributed by atoms with E-state index in [1.807, 2.05) is 0 Å². The average molecular weight is 382 g/mol. The lowest BCUT2D eigenvalue weighted by Gasteiger charge is -2.14. The van der Waals surface area contributed by atoms with Gasteiger partial charge in [0, 0.05) is 17.6 Å². The van der Waals surface area contributed by atoms with E-state index in [1.165, 1.54) is 6.07 Å². The summed E-state index contributed by atoms with van der Waals surface area (Å²) in [5.41, 5.74) is 0. The minimum absolute atomic E-state index is 0.132. The van der Waals surface area contributed by atoms with Gasteiger partial charge in [-0.25, -0.2) is 13.1 Å². The van der Waals surface area contributed by atoms with E-state index in [4.69, 9.17) is 11.6 Å². The van der Waals surface area contributed by atoms with E-state index < -0.39 is 10.0 Å². The largest absolute Gasteiger partial charge is 0.303 e. The number of hydrogen-bond donors (Lipinski definition) is 1. The van der Waals surface area contributed by atoms with Crippen molar-refractivity contribution < 1.29 is 8.42 Å². The third kappa shape index (κ3) is 3.95. The van der Waals surface area contributed by atoms with Crippen molar-refractivity contribution >= 4 is 37.6 Å². The predicted octanol–water partition coefficient (Wildman–Crippen LogP) is 2.72. The van der Waals surface area contributed by atoms with Gasteiger partial charge in [-0.1, -0.05) is 34.5 Å². The maximum absolute atomic E-state index is 12.2. The molecule has 1 aliphatic heterocycles. The van der Waals surface area contributed by atoms with Gasteiger partial charge in [0.2, 0.25) is 10.0 Å². The number of hydrogen-bond acceptors (Lipinski definition) is 3. The van der Waals surface area contributed by atoms with E-state index >= 15 is 0 Å². The second kappa shape index (κ2) is 6.75. The van der Waals surface area contributed by atoms with Crippen LogP contribution in [0.25, 0.3) is 0 Å². The van der Waals surface area contributed by atoms with Gasteiger partial charge in [-0.15, -0.1) is 0 Å². The van der Waals surface area contributed by atoms with Crippen LogP contribution in [0.3, 0.4) is 0 Å². The fourth-order valence-corrected chi connectivity index (χ4v) is 4.52. The molecule has 1 aromatic rings. The van der Waals surface area contributed by atoms with Crippen LogP contribution in [0.4, 0.5) is 0 Å². The first kappa shape index (κ1) is 16.2. The average Bonchev–Trinajstić information content (AvgIpc) is 2.84. The molecule has 0 bridgehead atoms. The highest BCUT2D eigenvalue weighted by atomic mass is 79.9. The van der Waals surface area contributed by atoms with Gasteiger partial charge >= 0.3 is 0 Å². The van der Waals surface area contributed by atoms with Crippen LogP contribution in [-0.4, -0.2) is 39.5 Å². The van der Waals surface area contributed by atoms with Crippen LogP contribution in [0.15, 0.2) is 27.6 Å². The molecule has 0 aromatic heterocycles. The molecule has 4 nitrogen and oxygen atoms in total. The summed E-state index contributed by atoms with van der Waals surface area (Å²) >= 11 is 9.26. The Bertz CT molecular complexity index is 580. The molecule has 1 atom stereocenters. The van der Waals surface area contributed by atoms with E-state index in [-0.39, 0.29) is 9.92 Å². The standard InChI is InChI=1S/C13H18BrClN2O2S/c1-2-17-6-5-10(9-17)8-16-20(18,19)13-4-3-11(14)7-12(13)15/h3-4,7,10,16H,2,5-6,8-9H2,1H3. The lowest BCUT2D eigenvalue weighted by atomic mass is 10.1. The van der Waals surface area contributed by atoms with Gasteiger partial charge in [-0.05, 0) is 43.6 Å².